The molecule has 0 N–H and O–H groups in total. The van der Waals surface area contributed by atoms with Crippen LogP contribution < -0.4 is 9.47 Å². The number of ether oxygens (including phenoxy) is 4. The minimum atomic E-state index is -2.25. The predicted molar refractivity (Wildman–Crippen MR) is 146 cm³/mol. The highest BCUT2D eigenvalue weighted by Gasteiger charge is 2.87. The van der Waals surface area contributed by atoms with Crippen molar-refractivity contribution in [2.24, 2.45) is 0 Å². The highest BCUT2D eigenvalue weighted by molar-refractivity contribution is 6.10. The summed E-state index contributed by atoms with van der Waals surface area (Å²) in [5.74, 6) is 1.64. The molecule has 12 heteroatoms. The minimum Gasteiger partial charge on any atom is -0.496 e. The zero-order valence-corrected chi connectivity index (χ0v) is 23.8. The van der Waals surface area contributed by atoms with Gasteiger partial charge in [-0.15, -0.1) is 6.42 Å². The lowest BCUT2D eigenvalue weighted by atomic mass is 9.90. The van der Waals surface area contributed by atoms with Crippen LogP contribution in [-0.4, -0.2) is 82.4 Å². The number of carbonyl (C=O) groups excluding carboxylic acids is 4. The van der Waals surface area contributed by atoms with E-state index in [0.29, 0.717) is 39.3 Å². The van der Waals surface area contributed by atoms with E-state index in [0.717, 1.165) is 0 Å². The van der Waals surface area contributed by atoms with Crippen molar-refractivity contribution in [2.45, 2.75) is 51.4 Å². The van der Waals surface area contributed by atoms with E-state index in [9.17, 15) is 19.2 Å². The molecule has 218 valence electrons. The second-order valence-corrected chi connectivity index (χ2v) is 10.2. The van der Waals surface area contributed by atoms with Crippen LogP contribution >= 0.6 is 0 Å². The predicted octanol–water partition coefficient (Wildman–Crippen LogP) is 2.41. The molecule has 4 heterocycles. The van der Waals surface area contributed by atoms with Gasteiger partial charge < -0.3 is 18.9 Å². The molecule has 0 aromatic heterocycles. The molecule has 0 unspecified atom stereocenters. The molecule has 0 aliphatic carbocycles. The molecule has 2 saturated heterocycles. The third kappa shape index (κ3) is 3.08. The summed E-state index contributed by atoms with van der Waals surface area (Å²) in [6.45, 7) is 2.48. The van der Waals surface area contributed by atoms with E-state index >= 15 is 0 Å². The average molecular weight is 575 g/mol. The highest BCUT2D eigenvalue weighted by Crippen LogP contribution is 2.58. The Labute approximate surface area is 242 Å². The van der Waals surface area contributed by atoms with E-state index in [1.54, 1.807) is 44.2 Å². The van der Waals surface area contributed by atoms with Crippen LogP contribution in [-0.2, 0) is 45.2 Å². The van der Waals surface area contributed by atoms with Crippen molar-refractivity contribution in [1.29, 1.82) is 0 Å². The maximum Gasteiger partial charge on any atom is 0.358 e. The first-order chi connectivity index (χ1) is 20.3. The van der Waals surface area contributed by atoms with Gasteiger partial charge in [0.25, 0.3) is 11.3 Å². The Bertz CT molecular complexity index is 1580. The number of methoxy groups -OCH3 is 2. The van der Waals surface area contributed by atoms with Crippen LogP contribution in [0.4, 0.5) is 9.59 Å². The van der Waals surface area contributed by atoms with Gasteiger partial charge in [-0.05, 0) is 43.2 Å². The molecule has 0 bridgehead atoms. The molecule has 0 saturated carbocycles. The maximum atomic E-state index is 14.7. The monoisotopic (exact) mass is 574 g/mol. The Kier molecular flexibility index (Phi) is 6.22. The molecule has 12 nitrogen and oxygen atoms in total. The van der Waals surface area contributed by atoms with Gasteiger partial charge >= 0.3 is 24.0 Å². The lowest BCUT2D eigenvalue weighted by Crippen LogP contribution is -2.75. The number of esters is 2. The van der Waals surface area contributed by atoms with E-state index < -0.39 is 35.3 Å². The van der Waals surface area contributed by atoms with Crippen LogP contribution in [0.25, 0.3) is 0 Å². The van der Waals surface area contributed by atoms with Crippen LogP contribution in [0.2, 0.25) is 0 Å². The summed E-state index contributed by atoms with van der Waals surface area (Å²) in [5.41, 5.74) is -1.67. The van der Waals surface area contributed by atoms with Gasteiger partial charge in [-0.3, -0.25) is 19.6 Å². The molecule has 4 aliphatic rings. The van der Waals surface area contributed by atoms with Gasteiger partial charge in [-0.25, -0.2) is 19.2 Å². The molecule has 4 amide bonds. The van der Waals surface area contributed by atoms with E-state index in [1.807, 2.05) is 0 Å². The third-order valence-corrected chi connectivity index (χ3v) is 8.58. The molecule has 0 radical (unpaired) electrons. The Balaban J connectivity index is 1.72. The normalized spacial score (nSPS) is 23.3. The fourth-order valence-corrected chi connectivity index (χ4v) is 6.93. The number of carbonyl (C=O) groups is 4. The lowest BCUT2D eigenvalue weighted by molar-refractivity contribution is -0.191. The summed E-state index contributed by atoms with van der Waals surface area (Å²) in [5, 5.41) is 0. The van der Waals surface area contributed by atoms with Gasteiger partial charge in [-0.1, -0.05) is 18.1 Å². The second kappa shape index (κ2) is 9.58. The molecule has 0 spiro atoms. The van der Waals surface area contributed by atoms with Gasteiger partial charge in [-0.2, -0.15) is 0 Å². The molecule has 2 aromatic rings. The SMILES string of the molecule is C#Cc1cccc2c1CN1C(=O)N3Cc4c(OC)ccc(OC)c4CN4C(=O)N(C2)[C@]1(C(=O)OCC)[C@]43C(=O)OCC. The first-order valence-electron chi connectivity index (χ1n) is 13.6. The molecular weight excluding hydrogens is 544 g/mol. The van der Waals surface area contributed by atoms with Gasteiger partial charge in [0.05, 0.1) is 53.6 Å². The molecule has 2 atom stereocenters. The topological polar surface area (TPSA) is 118 Å². The van der Waals surface area contributed by atoms with Crippen molar-refractivity contribution < 1.29 is 38.1 Å². The Morgan fingerprint density at radius 1 is 0.762 bits per heavy atom. The van der Waals surface area contributed by atoms with Gasteiger partial charge in [0.15, 0.2) is 0 Å². The number of hydrogen-bond acceptors (Lipinski definition) is 8. The molecule has 2 aromatic carbocycles. The zero-order chi connectivity index (χ0) is 30.0. The fraction of sp³-hybridized carbons (Fsp3) is 0.400. The van der Waals surface area contributed by atoms with Gasteiger partial charge in [0, 0.05) is 16.7 Å². The summed E-state index contributed by atoms with van der Waals surface area (Å²) in [6.07, 6.45) is 5.83. The summed E-state index contributed by atoms with van der Waals surface area (Å²) in [4.78, 5) is 63.2. The minimum absolute atomic E-state index is 0.0615. The van der Waals surface area contributed by atoms with Crippen molar-refractivity contribution in [3.63, 3.8) is 0 Å². The second-order valence-electron chi connectivity index (χ2n) is 10.2. The van der Waals surface area contributed by atoms with Crippen molar-refractivity contribution >= 4 is 24.0 Å². The quantitative estimate of drug-likeness (QED) is 0.381. The van der Waals surface area contributed by atoms with Crippen LogP contribution in [0.3, 0.4) is 0 Å². The Hall–Kier alpha value is -4.92. The number of terminal acetylenes is 1. The van der Waals surface area contributed by atoms with E-state index in [1.165, 1.54) is 33.8 Å². The van der Waals surface area contributed by atoms with E-state index in [2.05, 4.69) is 5.92 Å². The van der Waals surface area contributed by atoms with Gasteiger partial charge in [0.2, 0.25) is 0 Å². The Morgan fingerprint density at radius 3 is 1.64 bits per heavy atom. The maximum absolute atomic E-state index is 14.7. The van der Waals surface area contributed by atoms with Crippen molar-refractivity contribution in [2.75, 3.05) is 27.4 Å². The van der Waals surface area contributed by atoms with E-state index in [-0.39, 0.29) is 39.4 Å². The zero-order valence-electron chi connectivity index (χ0n) is 23.8. The molecule has 42 heavy (non-hydrogen) atoms. The molecule has 4 aliphatic heterocycles. The number of urea groups is 2. The lowest BCUT2D eigenvalue weighted by Gasteiger charge is -2.43. The summed E-state index contributed by atoms with van der Waals surface area (Å²) < 4.78 is 22.5. The standard InChI is InChI=1S/C30H30N4O8/c1-6-18-10-9-11-19-14-31-27(37)33-16-21-22(24(40-5)13-12-23(21)39-4)17-34-28(38)32(15-20(18)19)29(31,25(35)41-7-2)30(33,34)26(36)42-8-3/h1,9-13H,7-8,14-17H2,2-5H3/t29-,30+/m0/s1. The largest absolute Gasteiger partial charge is 0.496 e. The first kappa shape index (κ1) is 27.3. The number of fused-ring (bicyclic) bond motifs is 2. The van der Waals surface area contributed by atoms with Crippen LogP contribution in [0, 0.1) is 12.3 Å². The van der Waals surface area contributed by atoms with Gasteiger partial charge in [0.1, 0.15) is 11.5 Å². The molecular formula is C30H30N4O8. The molecule has 6 rings (SSSR count). The van der Waals surface area contributed by atoms with Crippen LogP contribution in [0.15, 0.2) is 30.3 Å². The summed E-state index contributed by atoms with van der Waals surface area (Å²) in [6, 6.07) is 7.32. The van der Waals surface area contributed by atoms with Crippen LogP contribution in [0.1, 0.15) is 41.7 Å². The highest BCUT2D eigenvalue weighted by atomic mass is 16.6. The van der Waals surface area contributed by atoms with Crippen molar-refractivity contribution in [3.8, 4) is 23.8 Å². The van der Waals surface area contributed by atoms with Crippen molar-refractivity contribution in [1.82, 2.24) is 19.6 Å². The van der Waals surface area contributed by atoms with Crippen molar-refractivity contribution in [3.05, 3.63) is 58.1 Å². The number of amides is 4. The van der Waals surface area contributed by atoms with E-state index in [4.69, 9.17) is 25.4 Å². The Morgan fingerprint density at radius 2 is 1.21 bits per heavy atom. The summed E-state index contributed by atoms with van der Waals surface area (Å²) >= 11 is 0. The smallest absolute Gasteiger partial charge is 0.358 e. The average Bonchev–Trinajstić information content (AvgIpc) is 3.16. The number of nitrogens with zero attached hydrogens (tertiary/aromatic N) is 4. The first-order valence-corrected chi connectivity index (χ1v) is 13.6. The summed E-state index contributed by atoms with van der Waals surface area (Å²) in [7, 11) is 2.97. The van der Waals surface area contributed by atoms with Crippen LogP contribution in [0.5, 0.6) is 11.5 Å². The number of hydrogen-bond donors (Lipinski definition) is 0. The number of rotatable bonds is 6. The fourth-order valence-electron chi connectivity index (χ4n) is 6.93. The molecule has 2 fully saturated rings. The number of benzene rings is 2. The third-order valence-electron chi connectivity index (χ3n) is 8.58.